The number of nitrogens with two attached hydrogens (primary N) is 1. The van der Waals surface area contributed by atoms with Crippen LogP contribution < -0.4 is 11.1 Å². The predicted octanol–water partition coefficient (Wildman–Crippen LogP) is 2.81. The third kappa shape index (κ3) is 3.23. The minimum absolute atomic E-state index is 0.135. The second-order valence-electron chi connectivity index (χ2n) is 4.21. The Labute approximate surface area is 116 Å². The van der Waals surface area contributed by atoms with E-state index in [4.69, 9.17) is 17.3 Å². The highest BCUT2D eigenvalue weighted by molar-refractivity contribution is 6.30. The highest BCUT2D eigenvalue weighted by atomic mass is 35.5. The number of benzene rings is 1. The van der Waals surface area contributed by atoms with E-state index in [1.165, 1.54) is 6.20 Å². The van der Waals surface area contributed by atoms with Gasteiger partial charge in [0.25, 0.3) is 5.91 Å². The standard InChI is InChI=1S/C14H14ClN3O/c1-9(10-2-4-11(15)5-3-10)18-14(19)12-8-17-7-6-13(12)16/h2-9H,1H3,(H2,16,17)(H,18,19). The third-order valence-electron chi connectivity index (χ3n) is 2.82. The molecule has 0 fully saturated rings. The minimum atomic E-state index is -0.243. The second kappa shape index (κ2) is 5.71. The van der Waals surface area contributed by atoms with Crippen LogP contribution in [0.15, 0.2) is 42.7 Å². The summed E-state index contributed by atoms with van der Waals surface area (Å²) in [4.78, 5) is 16.0. The third-order valence-corrected chi connectivity index (χ3v) is 3.07. The van der Waals surface area contributed by atoms with Gasteiger partial charge in [-0.3, -0.25) is 9.78 Å². The lowest BCUT2D eigenvalue weighted by atomic mass is 10.1. The molecular weight excluding hydrogens is 262 g/mol. The molecule has 1 atom stereocenters. The molecule has 1 heterocycles. The van der Waals surface area contributed by atoms with Crippen LogP contribution in [0.4, 0.5) is 5.69 Å². The average molecular weight is 276 g/mol. The first-order chi connectivity index (χ1) is 9.08. The SMILES string of the molecule is CC(NC(=O)c1cnccc1N)c1ccc(Cl)cc1. The van der Waals surface area contributed by atoms with Crippen molar-refractivity contribution < 1.29 is 4.79 Å². The minimum Gasteiger partial charge on any atom is -0.398 e. The highest BCUT2D eigenvalue weighted by Crippen LogP contribution is 2.17. The van der Waals surface area contributed by atoms with Crippen molar-refractivity contribution in [3.63, 3.8) is 0 Å². The summed E-state index contributed by atoms with van der Waals surface area (Å²) >= 11 is 5.83. The van der Waals surface area contributed by atoms with Gasteiger partial charge in [0.05, 0.1) is 11.6 Å². The Morgan fingerprint density at radius 3 is 2.63 bits per heavy atom. The number of aromatic nitrogens is 1. The van der Waals surface area contributed by atoms with Gasteiger partial charge in [-0.25, -0.2) is 0 Å². The van der Waals surface area contributed by atoms with Gasteiger partial charge in [0, 0.05) is 23.1 Å². The van der Waals surface area contributed by atoms with Gasteiger partial charge < -0.3 is 11.1 Å². The highest BCUT2D eigenvalue weighted by Gasteiger charge is 2.13. The molecule has 0 spiro atoms. The van der Waals surface area contributed by atoms with Crippen molar-refractivity contribution in [1.82, 2.24) is 10.3 Å². The molecule has 4 nitrogen and oxygen atoms in total. The molecule has 0 aliphatic carbocycles. The van der Waals surface area contributed by atoms with E-state index in [0.29, 0.717) is 16.3 Å². The molecule has 0 aliphatic rings. The van der Waals surface area contributed by atoms with E-state index in [0.717, 1.165) is 5.56 Å². The Morgan fingerprint density at radius 1 is 1.32 bits per heavy atom. The second-order valence-corrected chi connectivity index (χ2v) is 4.65. The zero-order chi connectivity index (χ0) is 13.8. The number of carbonyl (C=O) groups excluding carboxylic acids is 1. The van der Waals surface area contributed by atoms with Gasteiger partial charge in [0.15, 0.2) is 0 Å². The molecule has 0 aliphatic heterocycles. The molecule has 0 saturated carbocycles. The maximum Gasteiger partial charge on any atom is 0.255 e. The normalized spacial score (nSPS) is 11.9. The van der Waals surface area contributed by atoms with Crippen LogP contribution >= 0.6 is 11.6 Å². The number of nitrogens with one attached hydrogen (secondary N) is 1. The predicted molar refractivity (Wildman–Crippen MR) is 76.0 cm³/mol. The Bertz CT molecular complexity index is 583. The topological polar surface area (TPSA) is 68.0 Å². The quantitative estimate of drug-likeness (QED) is 0.905. The van der Waals surface area contributed by atoms with E-state index in [9.17, 15) is 4.79 Å². The number of hydrogen-bond donors (Lipinski definition) is 2. The van der Waals surface area contributed by atoms with Crippen LogP contribution in [-0.2, 0) is 0 Å². The van der Waals surface area contributed by atoms with Gasteiger partial charge in [-0.1, -0.05) is 23.7 Å². The molecule has 5 heteroatoms. The lowest BCUT2D eigenvalue weighted by Gasteiger charge is -2.15. The molecule has 1 amide bonds. The van der Waals surface area contributed by atoms with E-state index in [2.05, 4.69) is 10.3 Å². The Morgan fingerprint density at radius 2 is 2.00 bits per heavy atom. The van der Waals surface area contributed by atoms with Crippen LogP contribution in [0.5, 0.6) is 0 Å². The fourth-order valence-corrected chi connectivity index (χ4v) is 1.83. The van der Waals surface area contributed by atoms with Crippen molar-refractivity contribution in [2.45, 2.75) is 13.0 Å². The van der Waals surface area contributed by atoms with Gasteiger partial charge in [-0.15, -0.1) is 0 Å². The first-order valence-corrected chi connectivity index (χ1v) is 6.21. The van der Waals surface area contributed by atoms with Crippen molar-refractivity contribution in [2.75, 3.05) is 5.73 Å². The molecule has 0 saturated heterocycles. The lowest BCUT2D eigenvalue weighted by Crippen LogP contribution is -2.27. The Kier molecular flexibility index (Phi) is 4.02. The van der Waals surface area contributed by atoms with Gasteiger partial charge in [-0.05, 0) is 30.7 Å². The number of pyridine rings is 1. The average Bonchev–Trinajstić information content (AvgIpc) is 2.39. The first kappa shape index (κ1) is 13.4. The maximum absolute atomic E-state index is 12.1. The molecular formula is C14H14ClN3O. The van der Waals surface area contributed by atoms with Crippen molar-refractivity contribution in [1.29, 1.82) is 0 Å². The summed E-state index contributed by atoms with van der Waals surface area (Å²) in [6, 6.07) is 8.79. The summed E-state index contributed by atoms with van der Waals surface area (Å²) in [5.41, 5.74) is 7.50. The summed E-state index contributed by atoms with van der Waals surface area (Å²) in [5, 5.41) is 3.54. The zero-order valence-corrected chi connectivity index (χ0v) is 11.2. The van der Waals surface area contributed by atoms with Crippen LogP contribution in [0.3, 0.4) is 0 Å². The van der Waals surface area contributed by atoms with Crippen LogP contribution in [0.1, 0.15) is 28.9 Å². The van der Waals surface area contributed by atoms with Gasteiger partial charge in [-0.2, -0.15) is 0 Å². The number of hydrogen-bond acceptors (Lipinski definition) is 3. The van der Waals surface area contributed by atoms with Crippen LogP contribution in [0.2, 0.25) is 5.02 Å². The number of carbonyl (C=O) groups is 1. The van der Waals surface area contributed by atoms with E-state index in [1.807, 2.05) is 19.1 Å². The molecule has 98 valence electrons. The van der Waals surface area contributed by atoms with Crippen LogP contribution in [0.25, 0.3) is 0 Å². The summed E-state index contributed by atoms with van der Waals surface area (Å²) in [5.74, 6) is -0.243. The fourth-order valence-electron chi connectivity index (χ4n) is 1.70. The molecule has 19 heavy (non-hydrogen) atoms. The van der Waals surface area contributed by atoms with Crippen molar-refractivity contribution in [2.24, 2.45) is 0 Å². The largest absolute Gasteiger partial charge is 0.398 e. The smallest absolute Gasteiger partial charge is 0.255 e. The molecule has 2 rings (SSSR count). The van der Waals surface area contributed by atoms with E-state index in [-0.39, 0.29) is 11.9 Å². The number of nitrogen functional groups attached to an aromatic ring is 1. The van der Waals surface area contributed by atoms with Crippen molar-refractivity contribution in [3.8, 4) is 0 Å². The number of rotatable bonds is 3. The molecule has 1 aromatic carbocycles. The van der Waals surface area contributed by atoms with Gasteiger partial charge >= 0.3 is 0 Å². The monoisotopic (exact) mass is 275 g/mol. The Hall–Kier alpha value is -2.07. The van der Waals surface area contributed by atoms with Crippen molar-refractivity contribution >= 4 is 23.2 Å². The van der Waals surface area contributed by atoms with E-state index in [1.54, 1.807) is 24.4 Å². The molecule has 1 unspecified atom stereocenters. The van der Waals surface area contributed by atoms with Gasteiger partial charge in [0.1, 0.15) is 0 Å². The molecule has 1 aromatic heterocycles. The first-order valence-electron chi connectivity index (χ1n) is 5.83. The zero-order valence-electron chi connectivity index (χ0n) is 10.4. The molecule has 0 radical (unpaired) electrons. The van der Waals surface area contributed by atoms with E-state index < -0.39 is 0 Å². The van der Waals surface area contributed by atoms with Gasteiger partial charge in [0.2, 0.25) is 0 Å². The summed E-state index contributed by atoms with van der Waals surface area (Å²) in [7, 11) is 0. The maximum atomic E-state index is 12.1. The number of amides is 1. The summed E-state index contributed by atoms with van der Waals surface area (Å²) in [6.45, 7) is 1.90. The number of nitrogens with zero attached hydrogens (tertiary/aromatic N) is 1. The fraction of sp³-hybridized carbons (Fsp3) is 0.143. The lowest BCUT2D eigenvalue weighted by molar-refractivity contribution is 0.0940. The molecule has 2 aromatic rings. The van der Waals surface area contributed by atoms with Crippen molar-refractivity contribution in [3.05, 3.63) is 58.9 Å². The summed E-state index contributed by atoms with van der Waals surface area (Å²) < 4.78 is 0. The van der Waals surface area contributed by atoms with E-state index >= 15 is 0 Å². The summed E-state index contributed by atoms with van der Waals surface area (Å²) in [6.07, 6.45) is 3.01. The number of halogens is 1. The van der Waals surface area contributed by atoms with Crippen LogP contribution in [0, 0.1) is 0 Å². The molecule has 3 N–H and O–H groups in total. The Balaban J connectivity index is 2.11. The number of anilines is 1. The molecule has 0 bridgehead atoms. The van der Waals surface area contributed by atoms with Crippen LogP contribution in [-0.4, -0.2) is 10.9 Å².